The molecule has 1 fully saturated rings. The van der Waals surface area contributed by atoms with Gasteiger partial charge in [0, 0.05) is 78.6 Å². The molecule has 0 saturated carbocycles. The summed E-state index contributed by atoms with van der Waals surface area (Å²) in [5.74, 6) is -2.51. The van der Waals surface area contributed by atoms with Gasteiger partial charge < -0.3 is 20.0 Å². The summed E-state index contributed by atoms with van der Waals surface area (Å²) in [4.78, 5) is 48.1. The molecule has 0 spiro atoms. The van der Waals surface area contributed by atoms with Crippen molar-refractivity contribution in [1.29, 1.82) is 0 Å². The van der Waals surface area contributed by atoms with Crippen LogP contribution in [0.2, 0.25) is 0 Å². The zero-order valence-electron chi connectivity index (χ0n) is 15.3. The lowest BCUT2D eigenvalue weighted by atomic mass is 10.3. The van der Waals surface area contributed by atoms with Gasteiger partial charge in [0.1, 0.15) is 0 Å². The lowest BCUT2D eigenvalue weighted by molar-refractivity contribution is -0.134. The number of aliphatic carboxylic acids is 2. The topological polar surface area (TPSA) is 122 Å². The smallest absolute Gasteiger partial charge is 0.328 e. The Hall–Kier alpha value is -2.46. The third-order valence-corrected chi connectivity index (χ3v) is 3.73. The normalized spacial score (nSPS) is 15.0. The van der Waals surface area contributed by atoms with E-state index in [0.717, 1.165) is 65.2 Å². The maximum absolute atomic E-state index is 10.5. The van der Waals surface area contributed by atoms with Gasteiger partial charge in [0.15, 0.2) is 0 Å². The fourth-order valence-electron chi connectivity index (χ4n) is 2.08. The van der Waals surface area contributed by atoms with Gasteiger partial charge in [-0.2, -0.15) is 0 Å². The first-order valence-electron chi connectivity index (χ1n) is 8.18. The number of rotatable bonds is 10. The molecule has 2 amide bonds. The van der Waals surface area contributed by atoms with Gasteiger partial charge in [-0.05, 0) is 0 Å². The van der Waals surface area contributed by atoms with Crippen molar-refractivity contribution in [2.75, 3.05) is 66.5 Å². The Kier molecular flexibility index (Phi) is 12.5. The van der Waals surface area contributed by atoms with E-state index in [9.17, 15) is 19.2 Å². The minimum atomic E-state index is -1.26. The summed E-state index contributed by atoms with van der Waals surface area (Å²) in [6.07, 6.45) is 2.85. The van der Waals surface area contributed by atoms with Crippen LogP contribution in [0.15, 0.2) is 12.2 Å². The highest BCUT2D eigenvalue weighted by atomic mass is 16.4. The summed E-state index contributed by atoms with van der Waals surface area (Å²) in [5.41, 5.74) is 0. The molecule has 10 heteroatoms. The number of nitrogens with zero attached hydrogens (tertiary/aromatic N) is 4. The number of piperazine rings is 1. The van der Waals surface area contributed by atoms with Crippen LogP contribution in [0.4, 0.5) is 0 Å². The van der Waals surface area contributed by atoms with Crippen molar-refractivity contribution in [2.45, 2.75) is 0 Å². The molecule has 0 unspecified atom stereocenters. The lowest BCUT2D eigenvalue weighted by Gasteiger charge is -2.35. The number of carboxylic acids is 2. The van der Waals surface area contributed by atoms with Gasteiger partial charge in [-0.1, -0.05) is 0 Å². The van der Waals surface area contributed by atoms with E-state index >= 15 is 0 Å². The van der Waals surface area contributed by atoms with Gasteiger partial charge in [-0.3, -0.25) is 19.4 Å². The zero-order valence-corrected chi connectivity index (χ0v) is 15.3. The minimum absolute atomic E-state index is 0.558. The Morgan fingerprint density at radius 2 is 1.12 bits per heavy atom. The molecule has 1 rings (SSSR count). The number of hydrogen-bond acceptors (Lipinski definition) is 6. The summed E-state index contributed by atoms with van der Waals surface area (Å²) in [7, 11) is 3.61. The highest BCUT2D eigenvalue weighted by Gasteiger charge is 2.16. The van der Waals surface area contributed by atoms with Crippen LogP contribution < -0.4 is 0 Å². The molecule has 0 aromatic heterocycles. The largest absolute Gasteiger partial charge is 0.478 e. The molecule has 0 aromatic carbocycles. The van der Waals surface area contributed by atoms with E-state index in [4.69, 9.17) is 10.2 Å². The molecule has 1 saturated heterocycles. The van der Waals surface area contributed by atoms with Crippen LogP contribution in [0.25, 0.3) is 0 Å². The SMILES string of the molecule is CN(C=O)CCN1CCN(CCN(C)C=O)CC1.O=C(O)/C=C/C(=O)O. The second-order valence-electron chi connectivity index (χ2n) is 5.87. The maximum atomic E-state index is 10.5. The number of carbonyl (C=O) groups excluding carboxylic acids is 2. The van der Waals surface area contributed by atoms with E-state index in [2.05, 4.69) is 9.80 Å². The average molecular weight is 372 g/mol. The van der Waals surface area contributed by atoms with Crippen LogP contribution in [0.3, 0.4) is 0 Å². The molecular formula is C16H28N4O6. The first-order valence-corrected chi connectivity index (χ1v) is 8.18. The molecule has 26 heavy (non-hydrogen) atoms. The molecule has 10 nitrogen and oxygen atoms in total. The maximum Gasteiger partial charge on any atom is 0.328 e. The Labute approximate surface area is 153 Å². The van der Waals surface area contributed by atoms with E-state index in [1.165, 1.54) is 0 Å². The summed E-state index contributed by atoms with van der Waals surface area (Å²) in [5, 5.41) is 15.6. The van der Waals surface area contributed by atoms with Crippen molar-refractivity contribution in [3.05, 3.63) is 12.2 Å². The summed E-state index contributed by atoms with van der Waals surface area (Å²) in [6.45, 7) is 7.62. The molecular weight excluding hydrogens is 344 g/mol. The molecule has 148 valence electrons. The molecule has 0 bridgehead atoms. The zero-order chi connectivity index (χ0) is 19.9. The van der Waals surface area contributed by atoms with Gasteiger partial charge in [-0.25, -0.2) is 9.59 Å². The number of likely N-dealkylation sites (N-methyl/N-ethyl adjacent to an activating group) is 2. The lowest BCUT2D eigenvalue weighted by Crippen LogP contribution is -2.49. The van der Waals surface area contributed by atoms with Gasteiger partial charge in [-0.15, -0.1) is 0 Å². The molecule has 1 aliphatic heterocycles. The second-order valence-corrected chi connectivity index (χ2v) is 5.87. The van der Waals surface area contributed by atoms with Crippen LogP contribution in [0.5, 0.6) is 0 Å². The Morgan fingerprint density at radius 3 is 1.35 bits per heavy atom. The van der Waals surface area contributed by atoms with Crippen molar-refractivity contribution in [3.8, 4) is 0 Å². The van der Waals surface area contributed by atoms with Gasteiger partial charge in [0.2, 0.25) is 12.8 Å². The molecule has 1 aliphatic rings. The summed E-state index contributed by atoms with van der Waals surface area (Å²) < 4.78 is 0. The predicted molar refractivity (Wildman–Crippen MR) is 94.7 cm³/mol. The Morgan fingerprint density at radius 1 is 0.808 bits per heavy atom. The van der Waals surface area contributed by atoms with Crippen LogP contribution in [-0.4, -0.2) is 121 Å². The van der Waals surface area contributed by atoms with Crippen LogP contribution >= 0.6 is 0 Å². The highest BCUT2D eigenvalue weighted by Crippen LogP contribution is 2.01. The Balaban J connectivity index is 0.000000660. The molecule has 0 aromatic rings. The minimum Gasteiger partial charge on any atom is -0.478 e. The van der Waals surface area contributed by atoms with Crippen molar-refractivity contribution in [1.82, 2.24) is 19.6 Å². The van der Waals surface area contributed by atoms with Crippen LogP contribution in [0, 0.1) is 0 Å². The van der Waals surface area contributed by atoms with Crippen molar-refractivity contribution >= 4 is 24.8 Å². The quantitative estimate of drug-likeness (QED) is 0.351. The third kappa shape index (κ3) is 12.9. The monoisotopic (exact) mass is 372 g/mol. The molecule has 1 heterocycles. The standard InChI is InChI=1S/C12H24N4O2.C4H4O4/c1-13(11-17)3-5-15-7-9-16(10-8-15)6-4-14(2)12-18;5-3(6)1-2-4(7)8/h11-12H,3-10H2,1-2H3;1-2H,(H,5,6)(H,7,8)/b;2-1+. The number of carbonyl (C=O) groups is 4. The van der Waals surface area contributed by atoms with Crippen molar-refractivity contribution in [3.63, 3.8) is 0 Å². The second kappa shape index (κ2) is 13.8. The number of carboxylic acid groups (broad SMARTS) is 2. The van der Waals surface area contributed by atoms with Gasteiger partial charge >= 0.3 is 11.9 Å². The van der Waals surface area contributed by atoms with Gasteiger partial charge in [0.25, 0.3) is 0 Å². The third-order valence-electron chi connectivity index (χ3n) is 3.73. The predicted octanol–water partition coefficient (Wildman–Crippen LogP) is -1.51. The van der Waals surface area contributed by atoms with Crippen LogP contribution in [-0.2, 0) is 19.2 Å². The van der Waals surface area contributed by atoms with Crippen LogP contribution in [0.1, 0.15) is 0 Å². The first-order chi connectivity index (χ1) is 12.3. The van der Waals surface area contributed by atoms with Crippen molar-refractivity contribution in [2.24, 2.45) is 0 Å². The Bertz CT molecular complexity index is 435. The van der Waals surface area contributed by atoms with Gasteiger partial charge in [0.05, 0.1) is 0 Å². The summed E-state index contributed by atoms with van der Waals surface area (Å²) in [6, 6.07) is 0. The van der Waals surface area contributed by atoms with E-state index in [-0.39, 0.29) is 0 Å². The fourth-order valence-corrected chi connectivity index (χ4v) is 2.08. The number of hydrogen-bond donors (Lipinski definition) is 2. The molecule has 0 aliphatic carbocycles. The van der Waals surface area contributed by atoms with E-state index in [1.54, 1.807) is 23.9 Å². The molecule has 0 atom stereocenters. The summed E-state index contributed by atoms with van der Waals surface area (Å²) >= 11 is 0. The van der Waals surface area contributed by atoms with E-state index in [0.29, 0.717) is 12.2 Å². The highest BCUT2D eigenvalue weighted by molar-refractivity contribution is 5.89. The number of amides is 2. The molecule has 0 radical (unpaired) electrons. The van der Waals surface area contributed by atoms with Crippen molar-refractivity contribution < 1.29 is 29.4 Å². The average Bonchev–Trinajstić information content (AvgIpc) is 2.63. The van der Waals surface area contributed by atoms with E-state index < -0.39 is 11.9 Å². The fraction of sp³-hybridized carbons (Fsp3) is 0.625. The first kappa shape index (κ1) is 23.5. The molecule has 2 N–H and O–H groups in total. The van der Waals surface area contributed by atoms with E-state index in [1.807, 2.05) is 0 Å².